The Kier molecular flexibility index (Phi) is 5.45. The molecule has 1 N–H and O–H groups in total. The van der Waals surface area contributed by atoms with E-state index in [1.165, 1.54) is 0 Å². The summed E-state index contributed by atoms with van der Waals surface area (Å²) in [7, 11) is -2.92. The van der Waals surface area contributed by atoms with E-state index in [2.05, 4.69) is 29.2 Å². The molecule has 0 radical (unpaired) electrons. The summed E-state index contributed by atoms with van der Waals surface area (Å²) in [6.07, 6.45) is 4.56. The first-order valence-corrected chi connectivity index (χ1v) is 9.81. The van der Waals surface area contributed by atoms with E-state index in [1.54, 1.807) is 0 Å². The lowest BCUT2D eigenvalue weighted by Gasteiger charge is -2.37. The van der Waals surface area contributed by atoms with Gasteiger partial charge in [0.25, 0.3) is 0 Å². The zero-order chi connectivity index (χ0) is 16.0. The molecule has 0 aromatic carbocycles. The minimum absolute atomic E-state index is 0. The van der Waals surface area contributed by atoms with Crippen molar-refractivity contribution in [2.75, 3.05) is 24.6 Å². The van der Waals surface area contributed by atoms with Crippen LogP contribution in [0.1, 0.15) is 32.8 Å². The third kappa shape index (κ3) is 4.07. The molecule has 23 heavy (non-hydrogen) atoms. The van der Waals surface area contributed by atoms with E-state index in [0.29, 0.717) is 18.5 Å². The average molecular weight is 363 g/mol. The SMILES string of the molecule is CC1CN(Cc2cnn(C3(C)CCS(=O)(=O)C3)c2)C(C)CN1.Cl. The van der Waals surface area contributed by atoms with Crippen LogP contribution in [0.2, 0.25) is 0 Å². The van der Waals surface area contributed by atoms with Crippen LogP contribution in [0.4, 0.5) is 0 Å². The molecule has 3 atom stereocenters. The number of hydrogen-bond donors (Lipinski definition) is 1. The van der Waals surface area contributed by atoms with E-state index in [0.717, 1.165) is 25.2 Å². The molecule has 6 nitrogen and oxygen atoms in total. The average Bonchev–Trinajstić information content (AvgIpc) is 3.00. The van der Waals surface area contributed by atoms with Crippen molar-refractivity contribution in [1.29, 1.82) is 0 Å². The van der Waals surface area contributed by atoms with Crippen molar-refractivity contribution in [3.05, 3.63) is 18.0 Å². The van der Waals surface area contributed by atoms with Gasteiger partial charge in [-0.1, -0.05) is 0 Å². The van der Waals surface area contributed by atoms with Crippen LogP contribution in [-0.4, -0.2) is 59.8 Å². The van der Waals surface area contributed by atoms with Gasteiger partial charge in [0.15, 0.2) is 9.84 Å². The number of piperazine rings is 1. The number of nitrogens with one attached hydrogen (secondary N) is 1. The maximum Gasteiger partial charge on any atom is 0.152 e. The highest BCUT2D eigenvalue weighted by atomic mass is 35.5. The molecule has 2 saturated heterocycles. The molecule has 2 aliphatic rings. The van der Waals surface area contributed by atoms with Crippen LogP contribution >= 0.6 is 12.4 Å². The second kappa shape index (κ2) is 6.70. The van der Waals surface area contributed by atoms with E-state index in [1.807, 2.05) is 24.0 Å². The second-order valence-electron chi connectivity index (χ2n) is 7.22. The van der Waals surface area contributed by atoms with Crippen LogP contribution in [0, 0.1) is 0 Å². The monoisotopic (exact) mass is 362 g/mol. The molecule has 0 saturated carbocycles. The lowest BCUT2D eigenvalue weighted by atomic mass is 10.0. The fourth-order valence-corrected chi connectivity index (χ4v) is 5.58. The first kappa shape index (κ1) is 18.7. The molecule has 0 amide bonds. The van der Waals surface area contributed by atoms with Crippen LogP contribution in [0.3, 0.4) is 0 Å². The van der Waals surface area contributed by atoms with Crippen LogP contribution in [0.5, 0.6) is 0 Å². The van der Waals surface area contributed by atoms with Crippen molar-refractivity contribution in [1.82, 2.24) is 20.0 Å². The molecule has 0 bridgehead atoms. The summed E-state index contributed by atoms with van der Waals surface area (Å²) in [6, 6.07) is 1.01. The van der Waals surface area contributed by atoms with Gasteiger partial charge in [0, 0.05) is 43.5 Å². The van der Waals surface area contributed by atoms with E-state index in [-0.39, 0.29) is 29.5 Å². The molecule has 1 aromatic heterocycles. The Bertz CT molecular complexity index is 648. The molecule has 132 valence electrons. The minimum atomic E-state index is -2.92. The van der Waals surface area contributed by atoms with Crippen LogP contribution in [0.15, 0.2) is 12.4 Å². The van der Waals surface area contributed by atoms with Gasteiger partial charge in [-0.05, 0) is 27.2 Å². The fraction of sp³-hybridized carbons (Fsp3) is 0.800. The third-order valence-corrected chi connectivity index (χ3v) is 6.84. The van der Waals surface area contributed by atoms with E-state index in [4.69, 9.17) is 0 Å². The van der Waals surface area contributed by atoms with Gasteiger partial charge in [-0.2, -0.15) is 5.10 Å². The normalized spacial score (nSPS) is 34.2. The quantitative estimate of drug-likeness (QED) is 0.869. The van der Waals surface area contributed by atoms with Gasteiger partial charge < -0.3 is 5.32 Å². The Morgan fingerprint density at radius 2 is 2.17 bits per heavy atom. The van der Waals surface area contributed by atoms with Crippen molar-refractivity contribution in [2.45, 2.75) is 51.4 Å². The Morgan fingerprint density at radius 3 is 2.83 bits per heavy atom. The summed E-state index contributed by atoms with van der Waals surface area (Å²) >= 11 is 0. The van der Waals surface area contributed by atoms with E-state index in [9.17, 15) is 8.42 Å². The summed E-state index contributed by atoms with van der Waals surface area (Å²) < 4.78 is 25.4. The molecule has 0 aliphatic carbocycles. The summed E-state index contributed by atoms with van der Waals surface area (Å²) in [4.78, 5) is 2.45. The molecule has 3 heterocycles. The van der Waals surface area contributed by atoms with Crippen molar-refractivity contribution in [2.24, 2.45) is 0 Å². The summed E-state index contributed by atoms with van der Waals surface area (Å²) in [5, 5.41) is 7.94. The number of aromatic nitrogens is 2. The topological polar surface area (TPSA) is 67.2 Å². The molecule has 3 rings (SSSR count). The zero-order valence-corrected chi connectivity index (χ0v) is 15.7. The molecule has 8 heteroatoms. The van der Waals surface area contributed by atoms with E-state index >= 15 is 0 Å². The standard InChI is InChI=1S/C15H26N4O2S.ClH/c1-12-8-18(13(2)6-16-12)9-14-7-17-19(10-14)15(3)4-5-22(20,21)11-15;/h7,10,12-13,16H,4-6,8-9,11H2,1-3H3;1H. The zero-order valence-electron chi connectivity index (χ0n) is 14.0. The molecule has 2 aliphatic heterocycles. The van der Waals surface area contributed by atoms with Crippen molar-refractivity contribution >= 4 is 22.2 Å². The van der Waals surface area contributed by atoms with Crippen LogP contribution < -0.4 is 5.32 Å². The molecular weight excluding hydrogens is 336 g/mol. The van der Waals surface area contributed by atoms with E-state index < -0.39 is 9.84 Å². The number of nitrogens with zero attached hydrogens (tertiary/aromatic N) is 3. The van der Waals surface area contributed by atoms with Gasteiger partial charge in [-0.3, -0.25) is 9.58 Å². The summed E-state index contributed by atoms with van der Waals surface area (Å²) in [5.74, 6) is 0.466. The molecule has 0 spiro atoms. The van der Waals surface area contributed by atoms with Gasteiger partial charge in [0.05, 0.1) is 23.2 Å². The van der Waals surface area contributed by atoms with Gasteiger partial charge in [0.2, 0.25) is 0 Å². The fourth-order valence-electron chi connectivity index (χ4n) is 3.46. The van der Waals surface area contributed by atoms with Crippen molar-refractivity contribution in [3.63, 3.8) is 0 Å². The number of halogens is 1. The first-order valence-electron chi connectivity index (χ1n) is 7.99. The highest BCUT2D eigenvalue weighted by Gasteiger charge is 2.40. The Balaban J connectivity index is 0.00000192. The molecule has 1 aromatic rings. The van der Waals surface area contributed by atoms with Crippen LogP contribution in [0.25, 0.3) is 0 Å². The Morgan fingerprint density at radius 1 is 1.43 bits per heavy atom. The predicted molar refractivity (Wildman–Crippen MR) is 93.7 cm³/mol. The lowest BCUT2D eigenvalue weighted by molar-refractivity contribution is 0.138. The lowest BCUT2D eigenvalue weighted by Crippen LogP contribution is -2.53. The van der Waals surface area contributed by atoms with Crippen molar-refractivity contribution in [3.8, 4) is 0 Å². The largest absolute Gasteiger partial charge is 0.311 e. The molecule has 3 unspecified atom stereocenters. The Labute approximate surface area is 144 Å². The number of hydrogen-bond acceptors (Lipinski definition) is 5. The van der Waals surface area contributed by atoms with Gasteiger partial charge in [-0.25, -0.2) is 8.42 Å². The maximum absolute atomic E-state index is 11.8. The highest BCUT2D eigenvalue weighted by Crippen LogP contribution is 2.30. The molecule has 2 fully saturated rings. The first-order chi connectivity index (χ1) is 10.3. The smallest absolute Gasteiger partial charge is 0.152 e. The van der Waals surface area contributed by atoms with Crippen LogP contribution in [-0.2, 0) is 21.9 Å². The van der Waals surface area contributed by atoms with Crippen molar-refractivity contribution < 1.29 is 8.42 Å². The predicted octanol–water partition coefficient (Wildman–Crippen LogP) is 1.02. The Hall–Kier alpha value is -0.630. The van der Waals surface area contributed by atoms with Gasteiger partial charge in [0.1, 0.15) is 0 Å². The van der Waals surface area contributed by atoms with Gasteiger partial charge >= 0.3 is 0 Å². The van der Waals surface area contributed by atoms with Gasteiger partial charge in [-0.15, -0.1) is 12.4 Å². The summed E-state index contributed by atoms with van der Waals surface area (Å²) in [5.41, 5.74) is 0.769. The third-order valence-electron chi connectivity index (χ3n) is 4.95. The summed E-state index contributed by atoms with van der Waals surface area (Å²) in [6.45, 7) is 9.32. The highest BCUT2D eigenvalue weighted by molar-refractivity contribution is 7.91. The maximum atomic E-state index is 11.8. The number of sulfone groups is 1. The number of rotatable bonds is 3. The second-order valence-corrected chi connectivity index (χ2v) is 9.40. The molecular formula is C15H27ClN4O2S. The minimum Gasteiger partial charge on any atom is -0.311 e.